The fraction of sp³-hybridized carbons (Fsp3) is 0.333. The van der Waals surface area contributed by atoms with Gasteiger partial charge in [0.15, 0.2) is 0 Å². The third kappa shape index (κ3) is 3.59. The largest absolute Gasteiger partial charge is 0.339 e. The first-order chi connectivity index (χ1) is 13.4. The highest BCUT2D eigenvalue weighted by Gasteiger charge is 2.33. The number of aromatic nitrogens is 2. The van der Waals surface area contributed by atoms with Crippen LogP contribution in [-0.4, -0.2) is 36.0 Å². The van der Waals surface area contributed by atoms with Crippen molar-refractivity contribution in [1.82, 2.24) is 14.4 Å². The Bertz CT molecular complexity index is 1080. The van der Waals surface area contributed by atoms with E-state index in [1.165, 1.54) is 4.31 Å². The van der Waals surface area contributed by atoms with Gasteiger partial charge in [0.1, 0.15) is 0 Å². The molecule has 146 valence electrons. The van der Waals surface area contributed by atoms with Crippen molar-refractivity contribution in [3.05, 3.63) is 65.5 Å². The number of hydrogen-bond donors (Lipinski definition) is 0. The van der Waals surface area contributed by atoms with Crippen LogP contribution in [0.4, 0.5) is 0 Å². The summed E-state index contributed by atoms with van der Waals surface area (Å²) in [4.78, 5) is 4.86. The SMILES string of the molecule is Cc1ccc(S(=O)(=O)N2CCC[C@H](c3nc(-c4ccccc4)no3)C2)cc1C. The van der Waals surface area contributed by atoms with Crippen molar-refractivity contribution in [3.63, 3.8) is 0 Å². The average molecular weight is 398 g/mol. The van der Waals surface area contributed by atoms with Gasteiger partial charge in [0.25, 0.3) is 0 Å². The van der Waals surface area contributed by atoms with E-state index in [1.54, 1.807) is 12.1 Å². The van der Waals surface area contributed by atoms with Gasteiger partial charge in [0, 0.05) is 18.7 Å². The molecule has 1 aromatic heterocycles. The lowest BCUT2D eigenvalue weighted by atomic mass is 10.00. The van der Waals surface area contributed by atoms with Crippen LogP contribution >= 0.6 is 0 Å². The summed E-state index contributed by atoms with van der Waals surface area (Å²) in [5.41, 5.74) is 2.93. The summed E-state index contributed by atoms with van der Waals surface area (Å²) in [5.74, 6) is 0.934. The number of hydrogen-bond acceptors (Lipinski definition) is 5. The lowest BCUT2D eigenvalue weighted by molar-refractivity contribution is 0.265. The zero-order valence-corrected chi connectivity index (χ0v) is 16.8. The van der Waals surface area contributed by atoms with Gasteiger partial charge in [0.05, 0.1) is 10.8 Å². The Morgan fingerprint density at radius 2 is 1.86 bits per heavy atom. The molecule has 1 aliphatic heterocycles. The van der Waals surface area contributed by atoms with Gasteiger partial charge < -0.3 is 4.52 Å². The monoisotopic (exact) mass is 397 g/mol. The predicted molar refractivity (Wildman–Crippen MR) is 106 cm³/mol. The van der Waals surface area contributed by atoms with Crippen LogP contribution in [-0.2, 0) is 10.0 Å². The maximum Gasteiger partial charge on any atom is 0.243 e. The smallest absolute Gasteiger partial charge is 0.243 e. The molecule has 0 bridgehead atoms. The molecule has 0 amide bonds. The van der Waals surface area contributed by atoms with Crippen LogP contribution in [0.1, 0.15) is 35.8 Å². The quantitative estimate of drug-likeness (QED) is 0.667. The minimum atomic E-state index is -3.54. The fourth-order valence-corrected chi connectivity index (χ4v) is 5.10. The van der Waals surface area contributed by atoms with Crippen LogP contribution in [0.5, 0.6) is 0 Å². The summed E-state index contributed by atoms with van der Waals surface area (Å²) in [6, 6.07) is 14.9. The molecular formula is C21H23N3O3S. The van der Waals surface area contributed by atoms with Gasteiger partial charge in [-0.05, 0) is 49.9 Å². The molecule has 4 rings (SSSR count). The first-order valence-corrected chi connectivity index (χ1v) is 10.9. The Hall–Kier alpha value is -2.51. The number of rotatable bonds is 4. The molecule has 0 saturated carbocycles. The van der Waals surface area contributed by atoms with Crippen molar-refractivity contribution in [2.45, 2.75) is 37.5 Å². The molecule has 2 heterocycles. The second-order valence-electron chi connectivity index (χ2n) is 7.27. The second-order valence-corrected chi connectivity index (χ2v) is 9.21. The topological polar surface area (TPSA) is 76.3 Å². The molecule has 7 heteroatoms. The van der Waals surface area contributed by atoms with E-state index in [1.807, 2.05) is 50.2 Å². The summed E-state index contributed by atoms with van der Waals surface area (Å²) in [6.07, 6.45) is 1.59. The van der Waals surface area contributed by atoms with E-state index < -0.39 is 10.0 Å². The first kappa shape index (κ1) is 18.8. The van der Waals surface area contributed by atoms with E-state index in [2.05, 4.69) is 10.1 Å². The summed E-state index contributed by atoms with van der Waals surface area (Å²) in [6.45, 7) is 4.76. The van der Waals surface area contributed by atoms with Crippen molar-refractivity contribution in [2.75, 3.05) is 13.1 Å². The Labute approximate surface area is 165 Å². The van der Waals surface area contributed by atoms with Crippen molar-refractivity contribution in [2.24, 2.45) is 0 Å². The zero-order valence-electron chi connectivity index (χ0n) is 16.0. The van der Waals surface area contributed by atoms with Gasteiger partial charge in [-0.1, -0.05) is 41.6 Å². The van der Waals surface area contributed by atoms with Crippen molar-refractivity contribution in [3.8, 4) is 11.4 Å². The molecule has 0 unspecified atom stereocenters. The molecule has 0 spiro atoms. The summed E-state index contributed by atoms with van der Waals surface area (Å²) >= 11 is 0. The number of piperidine rings is 1. The van der Waals surface area contributed by atoms with Gasteiger partial charge in [-0.25, -0.2) is 8.42 Å². The molecule has 1 fully saturated rings. The molecule has 0 radical (unpaired) electrons. The number of sulfonamides is 1. The highest BCUT2D eigenvalue weighted by Crippen LogP contribution is 2.31. The van der Waals surface area contributed by atoms with Crippen LogP contribution in [0.3, 0.4) is 0 Å². The summed E-state index contributed by atoms with van der Waals surface area (Å²) in [5, 5.41) is 4.07. The maximum atomic E-state index is 13.1. The third-order valence-corrected chi connectivity index (χ3v) is 7.18. The normalized spacial score (nSPS) is 18.3. The predicted octanol–water partition coefficient (Wildman–Crippen LogP) is 3.92. The lowest BCUT2D eigenvalue weighted by Crippen LogP contribution is -2.39. The molecule has 1 aliphatic rings. The molecule has 1 saturated heterocycles. The fourth-order valence-electron chi connectivity index (χ4n) is 3.49. The lowest BCUT2D eigenvalue weighted by Gasteiger charge is -2.30. The van der Waals surface area contributed by atoms with Crippen molar-refractivity contribution < 1.29 is 12.9 Å². The zero-order chi connectivity index (χ0) is 19.7. The molecule has 6 nitrogen and oxygen atoms in total. The van der Waals surface area contributed by atoms with E-state index >= 15 is 0 Å². The van der Waals surface area contributed by atoms with Gasteiger partial charge >= 0.3 is 0 Å². The van der Waals surface area contributed by atoms with Crippen LogP contribution in [0.25, 0.3) is 11.4 Å². The molecular weight excluding hydrogens is 374 g/mol. The minimum absolute atomic E-state index is 0.0972. The van der Waals surface area contributed by atoms with Crippen LogP contribution in [0.15, 0.2) is 57.9 Å². The Morgan fingerprint density at radius 1 is 1.07 bits per heavy atom. The van der Waals surface area contributed by atoms with Crippen LogP contribution in [0.2, 0.25) is 0 Å². The Balaban J connectivity index is 1.56. The summed E-state index contributed by atoms with van der Waals surface area (Å²) in [7, 11) is -3.54. The second kappa shape index (κ2) is 7.48. The highest BCUT2D eigenvalue weighted by atomic mass is 32.2. The van der Waals surface area contributed by atoms with Crippen molar-refractivity contribution in [1.29, 1.82) is 0 Å². The van der Waals surface area contributed by atoms with Crippen molar-refractivity contribution >= 4 is 10.0 Å². The molecule has 3 aromatic rings. The molecule has 1 atom stereocenters. The van der Waals surface area contributed by atoms with Gasteiger partial charge in [-0.2, -0.15) is 9.29 Å². The van der Waals surface area contributed by atoms with E-state index in [0.717, 1.165) is 29.5 Å². The van der Waals surface area contributed by atoms with Crippen LogP contribution < -0.4 is 0 Å². The number of benzene rings is 2. The van der Waals surface area contributed by atoms with Gasteiger partial charge in [0.2, 0.25) is 21.7 Å². The highest BCUT2D eigenvalue weighted by molar-refractivity contribution is 7.89. The number of nitrogens with zero attached hydrogens (tertiary/aromatic N) is 3. The summed E-state index contributed by atoms with van der Waals surface area (Å²) < 4.78 is 33.2. The number of aryl methyl sites for hydroxylation is 2. The molecule has 0 aliphatic carbocycles. The van der Waals surface area contributed by atoms with Gasteiger partial charge in [-0.3, -0.25) is 0 Å². The Kier molecular flexibility index (Phi) is 5.03. The van der Waals surface area contributed by atoms with E-state index in [0.29, 0.717) is 29.7 Å². The molecule has 2 aromatic carbocycles. The third-order valence-electron chi connectivity index (χ3n) is 5.32. The minimum Gasteiger partial charge on any atom is -0.339 e. The molecule has 28 heavy (non-hydrogen) atoms. The molecule has 0 N–H and O–H groups in total. The Morgan fingerprint density at radius 3 is 2.61 bits per heavy atom. The first-order valence-electron chi connectivity index (χ1n) is 9.41. The maximum absolute atomic E-state index is 13.1. The van der Waals surface area contributed by atoms with E-state index in [9.17, 15) is 8.42 Å². The van der Waals surface area contributed by atoms with E-state index in [-0.39, 0.29) is 5.92 Å². The van der Waals surface area contributed by atoms with E-state index in [4.69, 9.17) is 4.52 Å². The standard InChI is InChI=1S/C21H23N3O3S/c1-15-10-11-19(13-16(15)2)28(25,26)24-12-6-9-18(14-24)21-22-20(23-27-21)17-7-4-3-5-8-17/h3-5,7-8,10-11,13,18H,6,9,12,14H2,1-2H3/t18-/m0/s1. The average Bonchev–Trinajstić information content (AvgIpc) is 3.21. The van der Waals surface area contributed by atoms with Crippen LogP contribution in [0, 0.1) is 13.8 Å². The van der Waals surface area contributed by atoms with Gasteiger partial charge in [-0.15, -0.1) is 0 Å².